The van der Waals surface area contributed by atoms with Crippen molar-refractivity contribution in [2.24, 2.45) is 7.05 Å². The van der Waals surface area contributed by atoms with Crippen molar-refractivity contribution < 1.29 is 4.79 Å². The average Bonchev–Trinajstić information content (AvgIpc) is 3.15. The molecule has 0 saturated carbocycles. The number of carbonyl (C=O) groups excluding carboxylic acids is 1. The molecule has 24 heavy (non-hydrogen) atoms. The Hall–Kier alpha value is -2.40. The average molecular weight is 341 g/mol. The van der Waals surface area contributed by atoms with Gasteiger partial charge in [-0.3, -0.25) is 4.79 Å². The number of benzene rings is 1. The molecule has 6 heteroatoms. The van der Waals surface area contributed by atoms with E-state index in [9.17, 15) is 4.79 Å². The molecule has 0 spiro atoms. The molecule has 3 aromatic rings. The molecule has 4 rings (SSSR count). The van der Waals surface area contributed by atoms with Crippen LogP contribution in [-0.4, -0.2) is 25.3 Å². The summed E-state index contributed by atoms with van der Waals surface area (Å²) < 4.78 is 1.87. The summed E-state index contributed by atoms with van der Waals surface area (Å²) in [7, 11) is 1.87. The Balaban J connectivity index is 1.68. The predicted octanol–water partition coefficient (Wildman–Crippen LogP) is 3.34. The van der Waals surface area contributed by atoms with E-state index in [0.29, 0.717) is 23.8 Å². The van der Waals surface area contributed by atoms with Crippen LogP contribution in [0.25, 0.3) is 10.9 Å². The van der Waals surface area contributed by atoms with E-state index in [-0.39, 0.29) is 5.91 Å². The summed E-state index contributed by atoms with van der Waals surface area (Å²) in [5.74, 6) is 0.806. The first-order valence-corrected chi connectivity index (χ1v) is 8.33. The number of aryl methyl sites for hydroxylation is 2. The van der Waals surface area contributed by atoms with E-state index in [1.807, 2.05) is 49.0 Å². The van der Waals surface area contributed by atoms with Crippen molar-refractivity contribution in [3.05, 3.63) is 58.3 Å². The number of carbonyl (C=O) groups is 1. The third-order valence-corrected chi connectivity index (χ3v) is 4.84. The smallest absolute Gasteiger partial charge is 0.271 e. The number of amides is 1. The lowest BCUT2D eigenvalue weighted by atomic mass is 10.2. The normalized spacial score (nSPS) is 13.5. The van der Waals surface area contributed by atoms with Crippen molar-refractivity contribution >= 4 is 28.4 Å². The van der Waals surface area contributed by atoms with E-state index in [1.165, 1.54) is 0 Å². The Morgan fingerprint density at radius 2 is 2.17 bits per heavy atom. The molecule has 0 bridgehead atoms. The van der Waals surface area contributed by atoms with E-state index in [4.69, 9.17) is 11.6 Å². The minimum absolute atomic E-state index is 0.0131. The van der Waals surface area contributed by atoms with E-state index in [0.717, 1.165) is 34.4 Å². The molecule has 0 fully saturated rings. The second kappa shape index (κ2) is 5.60. The van der Waals surface area contributed by atoms with E-state index in [1.54, 1.807) is 4.90 Å². The predicted molar refractivity (Wildman–Crippen MR) is 92.9 cm³/mol. The summed E-state index contributed by atoms with van der Waals surface area (Å²) in [5.41, 5.74) is 3.49. The Bertz CT molecular complexity index is 963. The maximum absolute atomic E-state index is 13.0. The maximum Gasteiger partial charge on any atom is 0.271 e. The van der Waals surface area contributed by atoms with E-state index in [2.05, 4.69) is 9.97 Å². The van der Waals surface area contributed by atoms with Crippen LogP contribution in [0.2, 0.25) is 5.02 Å². The zero-order valence-electron chi connectivity index (χ0n) is 13.6. The summed E-state index contributed by atoms with van der Waals surface area (Å²) in [6.45, 7) is 3.10. The third-order valence-electron chi connectivity index (χ3n) is 4.54. The summed E-state index contributed by atoms with van der Waals surface area (Å²) in [4.78, 5) is 23.7. The quantitative estimate of drug-likeness (QED) is 0.719. The molecule has 0 saturated heterocycles. The summed E-state index contributed by atoms with van der Waals surface area (Å²) in [6.07, 6.45) is 2.63. The molecule has 122 valence electrons. The van der Waals surface area contributed by atoms with Gasteiger partial charge in [-0.2, -0.15) is 0 Å². The highest BCUT2D eigenvalue weighted by Gasteiger charge is 2.28. The molecule has 1 aromatic carbocycles. The molecule has 0 N–H and O–H groups in total. The molecule has 0 aliphatic carbocycles. The van der Waals surface area contributed by atoms with Crippen LogP contribution >= 0.6 is 11.6 Å². The lowest BCUT2D eigenvalue weighted by Crippen LogP contribution is -2.27. The minimum Gasteiger partial charge on any atom is -0.338 e. The molecule has 1 aliphatic heterocycles. The number of halogens is 1. The van der Waals surface area contributed by atoms with Gasteiger partial charge in [-0.15, -0.1) is 0 Å². The highest BCUT2D eigenvalue weighted by atomic mass is 35.5. The molecule has 0 radical (unpaired) electrons. The molecule has 1 aliphatic rings. The zero-order chi connectivity index (χ0) is 16.8. The summed E-state index contributed by atoms with van der Waals surface area (Å²) >= 11 is 6.28. The summed E-state index contributed by atoms with van der Waals surface area (Å²) in [6, 6.07) is 7.60. The van der Waals surface area contributed by atoms with Gasteiger partial charge in [0, 0.05) is 37.2 Å². The van der Waals surface area contributed by atoms with Crippen molar-refractivity contribution in [2.45, 2.75) is 26.4 Å². The lowest BCUT2D eigenvalue weighted by Gasteiger charge is -2.15. The number of nitrogens with zero attached hydrogens (tertiary/aromatic N) is 4. The van der Waals surface area contributed by atoms with E-state index >= 15 is 0 Å². The zero-order valence-corrected chi connectivity index (χ0v) is 14.3. The molecule has 0 unspecified atom stereocenters. The maximum atomic E-state index is 13.0. The standard InChI is InChI=1S/C18H17ClN4O/c1-3-16-20-8-12-9-23(10-14(12)21-16)18(24)15-7-11-5-4-6-13(19)17(11)22(15)2/h4-8H,3,9-10H2,1-2H3. The van der Waals surface area contributed by atoms with Crippen molar-refractivity contribution in [3.63, 3.8) is 0 Å². The Morgan fingerprint density at radius 3 is 2.92 bits per heavy atom. The van der Waals surface area contributed by atoms with Crippen LogP contribution in [0.3, 0.4) is 0 Å². The monoisotopic (exact) mass is 340 g/mol. The van der Waals surface area contributed by atoms with Gasteiger partial charge in [-0.05, 0) is 12.1 Å². The molecular formula is C18H17ClN4O. The van der Waals surface area contributed by atoms with Crippen molar-refractivity contribution in [3.8, 4) is 0 Å². The fraction of sp³-hybridized carbons (Fsp3) is 0.278. The van der Waals surface area contributed by atoms with Crippen molar-refractivity contribution in [1.29, 1.82) is 0 Å². The number of para-hydroxylation sites is 1. The van der Waals surface area contributed by atoms with Gasteiger partial charge in [0.1, 0.15) is 11.5 Å². The largest absolute Gasteiger partial charge is 0.338 e. The molecule has 5 nitrogen and oxygen atoms in total. The van der Waals surface area contributed by atoms with Crippen LogP contribution in [-0.2, 0) is 26.6 Å². The summed E-state index contributed by atoms with van der Waals surface area (Å²) in [5, 5.41) is 1.62. The molecule has 1 amide bonds. The second-order valence-corrected chi connectivity index (χ2v) is 6.45. The fourth-order valence-electron chi connectivity index (χ4n) is 3.24. The lowest BCUT2D eigenvalue weighted by molar-refractivity contribution is 0.0741. The van der Waals surface area contributed by atoms with Crippen LogP contribution in [0.4, 0.5) is 0 Å². The highest BCUT2D eigenvalue weighted by molar-refractivity contribution is 6.35. The third kappa shape index (κ3) is 2.27. The Morgan fingerprint density at radius 1 is 1.33 bits per heavy atom. The van der Waals surface area contributed by atoms with Gasteiger partial charge in [0.25, 0.3) is 5.91 Å². The van der Waals surface area contributed by atoms with E-state index < -0.39 is 0 Å². The number of aromatic nitrogens is 3. The first kappa shape index (κ1) is 15.1. The number of fused-ring (bicyclic) bond motifs is 2. The molecule has 3 heterocycles. The van der Waals surface area contributed by atoms with Gasteiger partial charge in [0.2, 0.25) is 0 Å². The Kier molecular flexibility index (Phi) is 3.53. The topological polar surface area (TPSA) is 51.0 Å². The van der Waals surface area contributed by atoms with Gasteiger partial charge in [0.05, 0.1) is 22.8 Å². The van der Waals surface area contributed by atoms with Crippen LogP contribution in [0.15, 0.2) is 30.5 Å². The first-order valence-electron chi connectivity index (χ1n) is 7.95. The Labute approximate surface area is 144 Å². The highest BCUT2D eigenvalue weighted by Crippen LogP contribution is 2.28. The molecule has 2 aromatic heterocycles. The molecular weight excluding hydrogens is 324 g/mol. The van der Waals surface area contributed by atoms with Crippen LogP contribution < -0.4 is 0 Å². The SMILES string of the molecule is CCc1ncc2c(n1)CN(C(=O)c1cc3cccc(Cl)c3n1C)C2. The number of hydrogen-bond donors (Lipinski definition) is 0. The van der Waals surface area contributed by atoms with Gasteiger partial charge in [-0.25, -0.2) is 9.97 Å². The van der Waals surface area contributed by atoms with Crippen LogP contribution in [0.5, 0.6) is 0 Å². The fourth-order valence-corrected chi connectivity index (χ4v) is 3.55. The number of rotatable bonds is 2. The van der Waals surface area contributed by atoms with Crippen molar-refractivity contribution in [1.82, 2.24) is 19.4 Å². The van der Waals surface area contributed by atoms with Gasteiger partial charge in [0.15, 0.2) is 0 Å². The second-order valence-electron chi connectivity index (χ2n) is 6.04. The molecule has 0 atom stereocenters. The first-order chi connectivity index (χ1) is 11.6. The van der Waals surface area contributed by atoms with Crippen LogP contribution in [0.1, 0.15) is 34.5 Å². The number of hydrogen-bond acceptors (Lipinski definition) is 3. The minimum atomic E-state index is -0.0131. The van der Waals surface area contributed by atoms with Crippen LogP contribution in [0, 0.1) is 0 Å². The van der Waals surface area contributed by atoms with Gasteiger partial charge < -0.3 is 9.47 Å². The van der Waals surface area contributed by atoms with Crippen molar-refractivity contribution in [2.75, 3.05) is 0 Å². The van der Waals surface area contributed by atoms with Gasteiger partial charge >= 0.3 is 0 Å². The van der Waals surface area contributed by atoms with Gasteiger partial charge in [-0.1, -0.05) is 30.7 Å².